The number of aryl methyl sites for hydroxylation is 2. The summed E-state index contributed by atoms with van der Waals surface area (Å²) in [5.41, 5.74) is 2.25. The maximum atomic E-state index is 11.7. The van der Waals surface area contributed by atoms with Gasteiger partial charge >= 0.3 is 0 Å². The summed E-state index contributed by atoms with van der Waals surface area (Å²) in [7, 11) is 0. The lowest BCUT2D eigenvalue weighted by atomic mass is 10.1. The summed E-state index contributed by atoms with van der Waals surface area (Å²) in [5.74, 6) is 0.605. The van der Waals surface area contributed by atoms with Gasteiger partial charge in [-0.25, -0.2) is 0 Å². The Morgan fingerprint density at radius 2 is 1.79 bits per heavy atom. The van der Waals surface area contributed by atoms with Crippen molar-refractivity contribution in [3.05, 3.63) is 53.5 Å². The zero-order valence-corrected chi connectivity index (χ0v) is 13.9. The van der Waals surface area contributed by atoms with Gasteiger partial charge in [-0.05, 0) is 49.2 Å². The fraction of sp³-hybridized carbons (Fsp3) is 0.333. The van der Waals surface area contributed by atoms with Crippen molar-refractivity contribution in [2.75, 3.05) is 19.7 Å². The summed E-state index contributed by atoms with van der Waals surface area (Å²) >= 11 is 0. The molecule has 2 amide bonds. The van der Waals surface area contributed by atoms with Crippen LogP contribution in [0.15, 0.2) is 41.0 Å². The van der Waals surface area contributed by atoms with Gasteiger partial charge in [-0.3, -0.25) is 9.59 Å². The molecule has 6 heteroatoms. The molecule has 128 valence electrons. The number of rotatable bonds is 8. The van der Waals surface area contributed by atoms with Crippen LogP contribution in [0.3, 0.4) is 0 Å². The molecular weight excluding hydrogens is 308 g/mol. The zero-order valence-electron chi connectivity index (χ0n) is 13.9. The van der Waals surface area contributed by atoms with Crippen molar-refractivity contribution in [1.82, 2.24) is 10.6 Å². The molecule has 0 fully saturated rings. The number of amides is 2. The van der Waals surface area contributed by atoms with E-state index in [4.69, 9.17) is 9.15 Å². The van der Waals surface area contributed by atoms with Crippen LogP contribution in [-0.4, -0.2) is 31.5 Å². The van der Waals surface area contributed by atoms with E-state index in [1.54, 1.807) is 12.1 Å². The van der Waals surface area contributed by atoms with Gasteiger partial charge in [-0.1, -0.05) is 6.07 Å². The van der Waals surface area contributed by atoms with Crippen LogP contribution in [0, 0.1) is 13.8 Å². The maximum Gasteiger partial charge on any atom is 0.287 e. The summed E-state index contributed by atoms with van der Waals surface area (Å²) in [6.07, 6.45) is 1.70. The van der Waals surface area contributed by atoms with E-state index in [9.17, 15) is 9.59 Å². The van der Waals surface area contributed by atoms with E-state index in [-0.39, 0.29) is 24.0 Å². The van der Waals surface area contributed by atoms with Gasteiger partial charge in [0, 0.05) is 13.1 Å². The third-order valence-electron chi connectivity index (χ3n) is 3.27. The highest BCUT2D eigenvalue weighted by molar-refractivity contribution is 5.91. The number of carbonyl (C=O) groups excluding carboxylic acids is 2. The molecule has 2 aromatic rings. The van der Waals surface area contributed by atoms with Crippen molar-refractivity contribution in [3.8, 4) is 5.75 Å². The second-order valence-electron chi connectivity index (χ2n) is 5.51. The predicted molar refractivity (Wildman–Crippen MR) is 90.1 cm³/mol. The van der Waals surface area contributed by atoms with E-state index in [2.05, 4.69) is 16.7 Å². The van der Waals surface area contributed by atoms with Crippen LogP contribution in [0.1, 0.15) is 28.1 Å². The molecule has 2 N–H and O–H groups in total. The van der Waals surface area contributed by atoms with Crippen LogP contribution in [0.2, 0.25) is 0 Å². The molecule has 0 unspecified atom stereocenters. The lowest BCUT2D eigenvalue weighted by molar-refractivity contribution is -0.121. The molecule has 1 heterocycles. The van der Waals surface area contributed by atoms with Crippen molar-refractivity contribution in [3.63, 3.8) is 0 Å². The molecule has 0 spiro atoms. The van der Waals surface area contributed by atoms with Gasteiger partial charge in [0.15, 0.2) is 5.76 Å². The van der Waals surface area contributed by atoms with Crippen molar-refractivity contribution in [1.29, 1.82) is 0 Å². The fourth-order valence-corrected chi connectivity index (χ4v) is 2.24. The van der Waals surface area contributed by atoms with Crippen LogP contribution < -0.4 is 15.4 Å². The molecule has 1 aromatic heterocycles. The Morgan fingerprint density at radius 1 is 1.08 bits per heavy atom. The minimum absolute atomic E-state index is 0.119. The van der Waals surface area contributed by atoms with Gasteiger partial charge in [0.25, 0.3) is 5.91 Å². The minimum atomic E-state index is -0.299. The van der Waals surface area contributed by atoms with Gasteiger partial charge in [0.05, 0.1) is 19.3 Å². The third-order valence-corrected chi connectivity index (χ3v) is 3.27. The quantitative estimate of drug-likeness (QED) is 0.727. The van der Waals surface area contributed by atoms with Gasteiger partial charge in [-0.2, -0.15) is 0 Å². The second-order valence-corrected chi connectivity index (χ2v) is 5.51. The molecule has 0 bridgehead atoms. The number of hydrogen-bond acceptors (Lipinski definition) is 4. The van der Waals surface area contributed by atoms with Gasteiger partial charge in [-0.15, -0.1) is 0 Å². The van der Waals surface area contributed by atoms with E-state index in [0.717, 1.165) is 16.9 Å². The number of ether oxygens (including phenoxy) is 1. The van der Waals surface area contributed by atoms with Crippen molar-refractivity contribution >= 4 is 11.8 Å². The Labute approximate surface area is 141 Å². The van der Waals surface area contributed by atoms with Gasteiger partial charge in [0.1, 0.15) is 5.75 Å². The third kappa shape index (κ3) is 5.79. The molecule has 0 aliphatic rings. The molecule has 0 aliphatic carbocycles. The van der Waals surface area contributed by atoms with E-state index in [1.807, 2.05) is 26.0 Å². The largest absolute Gasteiger partial charge is 0.493 e. The number of hydrogen-bond donors (Lipinski definition) is 2. The summed E-state index contributed by atoms with van der Waals surface area (Å²) in [6, 6.07) is 9.17. The molecule has 0 aliphatic heterocycles. The van der Waals surface area contributed by atoms with Crippen LogP contribution in [0.4, 0.5) is 0 Å². The molecule has 2 rings (SSSR count). The van der Waals surface area contributed by atoms with Crippen LogP contribution in [-0.2, 0) is 4.79 Å². The normalized spacial score (nSPS) is 10.2. The molecule has 0 atom stereocenters. The van der Waals surface area contributed by atoms with Gasteiger partial charge in [0.2, 0.25) is 5.91 Å². The highest BCUT2D eigenvalue weighted by Crippen LogP contribution is 2.16. The molecule has 0 saturated heterocycles. The standard InChI is InChI=1S/C18H22N2O4/c1-13-10-14(2)12-15(11-13)23-9-5-17(21)19-6-7-20-18(22)16-4-3-8-24-16/h3-4,8,10-12H,5-7,9H2,1-2H3,(H,19,21)(H,20,22). The molecule has 0 saturated carbocycles. The Hall–Kier alpha value is -2.76. The van der Waals surface area contributed by atoms with Crippen molar-refractivity contribution in [2.45, 2.75) is 20.3 Å². The smallest absolute Gasteiger partial charge is 0.287 e. The highest BCUT2D eigenvalue weighted by atomic mass is 16.5. The van der Waals surface area contributed by atoms with E-state index >= 15 is 0 Å². The van der Waals surface area contributed by atoms with Gasteiger partial charge < -0.3 is 19.8 Å². The lowest BCUT2D eigenvalue weighted by Gasteiger charge is -2.09. The average molecular weight is 330 g/mol. The Kier molecular flexibility index (Phi) is 6.42. The second kappa shape index (κ2) is 8.76. The first kappa shape index (κ1) is 17.6. The summed E-state index contributed by atoms with van der Waals surface area (Å²) in [6.45, 7) is 5.01. The summed E-state index contributed by atoms with van der Waals surface area (Å²) in [4.78, 5) is 23.3. The lowest BCUT2D eigenvalue weighted by Crippen LogP contribution is -2.35. The first-order valence-corrected chi connectivity index (χ1v) is 7.84. The van der Waals surface area contributed by atoms with Crippen LogP contribution in [0.5, 0.6) is 5.75 Å². The topological polar surface area (TPSA) is 80.6 Å². The molecule has 24 heavy (non-hydrogen) atoms. The van der Waals surface area contributed by atoms with E-state index < -0.39 is 0 Å². The van der Waals surface area contributed by atoms with Crippen molar-refractivity contribution < 1.29 is 18.7 Å². The SMILES string of the molecule is Cc1cc(C)cc(OCCC(=O)NCCNC(=O)c2ccco2)c1. The molecule has 6 nitrogen and oxygen atoms in total. The van der Waals surface area contributed by atoms with Crippen molar-refractivity contribution in [2.24, 2.45) is 0 Å². The number of furan rings is 1. The summed E-state index contributed by atoms with van der Waals surface area (Å²) < 4.78 is 10.6. The molecule has 1 aromatic carbocycles. The highest BCUT2D eigenvalue weighted by Gasteiger charge is 2.07. The first-order chi connectivity index (χ1) is 11.5. The molecule has 0 radical (unpaired) electrons. The van der Waals surface area contributed by atoms with E-state index in [1.165, 1.54) is 6.26 Å². The minimum Gasteiger partial charge on any atom is -0.493 e. The maximum absolute atomic E-state index is 11.7. The number of nitrogens with one attached hydrogen (secondary N) is 2. The predicted octanol–water partition coefficient (Wildman–Crippen LogP) is 2.21. The molecular formula is C18H22N2O4. The first-order valence-electron chi connectivity index (χ1n) is 7.84. The zero-order chi connectivity index (χ0) is 17.4. The summed E-state index contributed by atoms with van der Waals surface area (Å²) in [5, 5.41) is 5.38. The monoisotopic (exact) mass is 330 g/mol. The average Bonchev–Trinajstić information content (AvgIpc) is 3.05. The Bertz CT molecular complexity index is 660. The van der Waals surface area contributed by atoms with Crippen LogP contribution in [0.25, 0.3) is 0 Å². The van der Waals surface area contributed by atoms with E-state index in [0.29, 0.717) is 19.7 Å². The van der Waals surface area contributed by atoms with Crippen LogP contribution >= 0.6 is 0 Å². The Balaban J connectivity index is 1.59. The Morgan fingerprint density at radius 3 is 2.46 bits per heavy atom. The number of benzene rings is 1. The fourth-order valence-electron chi connectivity index (χ4n) is 2.24. The number of carbonyl (C=O) groups is 2.